The lowest BCUT2D eigenvalue weighted by molar-refractivity contribution is -0.142. The Hall–Kier alpha value is -0.580. The van der Waals surface area contributed by atoms with Gasteiger partial charge in [-0.15, -0.1) is 0 Å². The molecule has 88 valence electrons. The molecule has 0 heterocycles. The molecule has 0 aliphatic heterocycles. The lowest BCUT2D eigenvalue weighted by atomic mass is 9.98. The third kappa shape index (κ3) is 3.47. The van der Waals surface area contributed by atoms with Crippen molar-refractivity contribution in [1.82, 2.24) is 0 Å². The van der Waals surface area contributed by atoms with Crippen molar-refractivity contribution in [3.05, 3.63) is 33.3 Å². The number of halogens is 2. The topological polar surface area (TPSA) is 57.5 Å². The maximum absolute atomic E-state index is 10.7. The number of aliphatic carboxylic acids is 1. The third-order valence-electron chi connectivity index (χ3n) is 2.32. The number of hydrogen-bond acceptors (Lipinski definition) is 2. The van der Waals surface area contributed by atoms with E-state index in [4.69, 9.17) is 16.7 Å². The number of benzene rings is 1. The number of carboxylic acid groups (broad SMARTS) is 1. The second-order valence-corrected chi connectivity index (χ2v) is 4.98. The minimum atomic E-state index is -0.924. The van der Waals surface area contributed by atoms with Crippen LogP contribution in [0.1, 0.15) is 25.0 Å². The zero-order valence-electron chi connectivity index (χ0n) is 8.65. The molecule has 2 atom stereocenters. The van der Waals surface area contributed by atoms with Gasteiger partial charge < -0.3 is 10.2 Å². The Kier molecular flexibility index (Phi) is 4.77. The molecule has 0 bridgehead atoms. The SMILES string of the molecule is CC(CC(O)c1ccc(Br)cc1Cl)C(=O)O. The first-order chi connectivity index (χ1) is 7.41. The van der Waals surface area contributed by atoms with E-state index in [1.807, 2.05) is 0 Å². The molecule has 0 saturated carbocycles. The molecular formula is C11H12BrClO3. The summed E-state index contributed by atoms with van der Waals surface area (Å²) in [5.74, 6) is -1.53. The summed E-state index contributed by atoms with van der Waals surface area (Å²) in [6, 6.07) is 5.12. The number of aliphatic hydroxyl groups is 1. The highest BCUT2D eigenvalue weighted by molar-refractivity contribution is 9.10. The molecule has 1 rings (SSSR count). The highest BCUT2D eigenvalue weighted by Crippen LogP contribution is 2.29. The fourth-order valence-electron chi connectivity index (χ4n) is 1.33. The van der Waals surface area contributed by atoms with Crippen molar-refractivity contribution in [3.8, 4) is 0 Å². The molecule has 3 nitrogen and oxygen atoms in total. The van der Waals surface area contributed by atoms with Gasteiger partial charge in [0.25, 0.3) is 0 Å². The Morgan fingerprint density at radius 2 is 2.19 bits per heavy atom. The minimum Gasteiger partial charge on any atom is -0.481 e. The van der Waals surface area contributed by atoms with Crippen molar-refractivity contribution < 1.29 is 15.0 Å². The summed E-state index contributed by atoms with van der Waals surface area (Å²) >= 11 is 9.21. The van der Waals surface area contributed by atoms with Crippen LogP contribution in [0.3, 0.4) is 0 Å². The zero-order valence-corrected chi connectivity index (χ0v) is 11.0. The number of carbonyl (C=O) groups is 1. The lowest BCUT2D eigenvalue weighted by Crippen LogP contribution is -2.13. The molecule has 1 aromatic carbocycles. The molecule has 16 heavy (non-hydrogen) atoms. The zero-order chi connectivity index (χ0) is 12.3. The van der Waals surface area contributed by atoms with Gasteiger partial charge in [-0.25, -0.2) is 0 Å². The fourth-order valence-corrected chi connectivity index (χ4v) is 2.13. The van der Waals surface area contributed by atoms with E-state index in [0.29, 0.717) is 10.6 Å². The van der Waals surface area contributed by atoms with E-state index < -0.39 is 18.0 Å². The Labute approximate surface area is 107 Å². The Bertz CT molecular complexity index is 395. The third-order valence-corrected chi connectivity index (χ3v) is 3.14. The van der Waals surface area contributed by atoms with Gasteiger partial charge >= 0.3 is 5.97 Å². The van der Waals surface area contributed by atoms with Gasteiger partial charge in [-0.1, -0.05) is 40.5 Å². The average molecular weight is 308 g/mol. The molecule has 5 heteroatoms. The van der Waals surface area contributed by atoms with Crippen LogP contribution in [-0.4, -0.2) is 16.2 Å². The van der Waals surface area contributed by atoms with Gasteiger partial charge in [0.15, 0.2) is 0 Å². The van der Waals surface area contributed by atoms with E-state index in [1.165, 1.54) is 0 Å². The molecule has 0 saturated heterocycles. The maximum atomic E-state index is 10.7. The van der Waals surface area contributed by atoms with E-state index in [-0.39, 0.29) is 6.42 Å². The molecule has 0 aliphatic rings. The van der Waals surface area contributed by atoms with E-state index in [2.05, 4.69) is 15.9 Å². The highest BCUT2D eigenvalue weighted by Gasteiger charge is 2.19. The lowest BCUT2D eigenvalue weighted by Gasteiger charge is -2.15. The quantitative estimate of drug-likeness (QED) is 0.898. The van der Waals surface area contributed by atoms with E-state index >= 15 is 0 Å². The summed E-state index contributed by atoms with van der Waals surface area (Å²) in [6.45, 7) is 1.55. The number of rotatable bonds is 4. The molecule has 0 aliphatic carbocycles. The van der Waals surface area contributed by atoms with Crippen molar-refractivity contribution >= 4 is 33.5 Å². The summed E-state index contributed by atoms with van der Waals surface area (Å²) in [5.41, 5.74) is 0.554. The minimum absolute atomic E-state index is 0.149. The smallest absolute Gasteiger partial charge is 0.306 e. The molecule has 0 spiro atoms. The molecular weight excluding hydrogens is 295 g/mol. The van der Waals surface area contributed by atoms with Crippen LogP contribution < -0.4 is 0 Å². The van der Waals surface area contributed by atoms with Crippen LogP contribution in [0.4, 0.5) is 0 Å². The first-order valence-electron chi connectivity index (χ1n) is 4.77. The van der Waals surface area contributed by atoms with Gasteiger partial charge in [-0.2, -0.15) is 0 Å². The Balaban J connectivity index is 2.80. The van der Waals surface area contributed by atoms with Crippen molar-refractivity contribution in [1.29, 1.82) is 0 Å². The predicted molar refractivity (Wildman–Crippen MR) is 65.5 cm³/mol. The van der Waals surface area contributed by atoms with Crippen LogP contribution in [0.25, 0.3) is 0 Å². The van der Waals surface area contributed by atoms with Crippen molar-refractivity contribution in [2.24, 2.45) is 5.92 Å². The predicted octanol–water partition coefficient (Wildman–Crippen LogP) is 3.25. The van der Waals surface area contributed by atoms with Gasteiger partial charge in [0.05, 0.1) is 12.0 Å². The van der Waals surface area contributed by atoms with Crippen LogP contribution in [0, 0.1) is 5.92 Å². The number of aliphatic hydroxyl groups excluding tert-OH is 1. The highest BCUT2D eigenvalue weighted by atomic mass is 79.9. The van der Waals surface area contributed by atoms with Crippen LogP contribution >= 0.6 is 27.5 Å². The summed E-state index contributed by atoms with van der Waals surface area (Å²) in [5, 5.41) is 19.0. The van der Waals surface area contributed by atoms with E-state index in [0.717, 1.165) is 4.47 Å². The normalized spacial score (nSPS) is 14.5. The molecule has 0 aromatic heterocycles. The molecule has 0 radical (unpaired) electrons. The van der Waals surface area contributed by atoms with Gasteiger partial charge in [0.2, 0.25) is 0 Å². The summed E-state index contributed by atoms with van der Waals surface area (Å²) in [6.07, 6.45) is -0.705. The molecule has 2 unspecified atom stereocenters. The summed E-state index contributed by atoms with van der Waals surface area (Å²) in [4.78, 5) is 10.7. The van der Waals surface area contributed by atoms with Crippen molar-refractivity contribution in [3.63, 3.8) is 0 Å². The molecule has 1 aromatic rings. The van der Waals surface area contributed by atoms with Crippen LogP contribution in [0.2, 0.25) is 5.02 Å². The van der Waals surface area contributed by atoms with Gasteiger partial charge in [0, 0.05) is 9.50 Å². The fraction of sp³-hybridized carbons (Fsp3) is 0.364. The van der Waals surface area contributed by atoms with Gasteiger partial charge in [0.1, 0.15) is 0 Å². The van der Waals surface area contributed by atoms with E-state index in [9.17, 15) is 9.90 Å². The first-order valence-corrected chi connectivity index (χ1v) is 5.94. The molecule has 0 fully saturated rings. The Morgan fingerprint density at radius 1 is 1.56 bits per heavy atom. The van der Waals surface area contributed by atoms with Crippen molar-refractivity contribution in [2.45, 2.75) is 19.4 Å². The first kappa shape index (κ1) is 13.5. The van der Waals surface area contributed by atoms with E-state index in [1.54, 1.807) is 25.1 Å². The number of carboxylic acids is 1. The second-order valence-electron chi connectivity index (χ2n) is 3.66. The van der Waals surface area contributed by atoms with Crippen LogP contribution in [0.5, 0.6) is 0 Å². The largest absolute Gasteiger partial charge is 0.481 e. The standard InChI is InChI=1S/C11H12BrClO3/c1-6(11(15)16)4-10(14)8-3-2-7(12)5-9(8)13/h2-3,5-6,10,14H,4H2,1H3,(H,15,16). The maximum Gasteiger partial charge on any atom is 0.306 e. The van der Waals surface area contributed by atoms with Crippen molar-refractivity contribution in [2.75, 3.05) is 0 Å². The van der Waals surface area contributed by atoms with Gasteiger partial charge in [-0.05, 0) is 24.1 Å². The molecule has 2 N–H and O–H groups in total. The van der Waals surface area contributed by atoms with Gasteiger partial charge in [-0.3, -0.25) is 4.79 Å². The molecule has 0 amide bonds. The monoisotopic (exact) mass is 306 g/mol. The Morgan fingerprint density at radius 3 is 2.69 bits per heavy atom. The summed E-state index contributed by atoms with van der Waals surface area (Å²) < 4.78 is 0.819. The summed E-state index contributed by atoms with van der Waals surface area (Å²) in [7, 11) is 0. The van der Waals surface area contributed by atoms with Crippen LogP contribution in [0.15, 0.2) is 22.7 Å². The number of hydrogen-bond donors (Lipinski definition) is 2. The average Bonchev–Trinajstić information content (AvgIpc) is 2.16. The van der Waals surface area contributed by atoms with Crippen LogP contribution in [-0.2, 0) is 4.79 Å². The second kappa shape index (κ2) is 5.66.